The number of benzene rings is 2. The molecule has 0 unspecified atom stereocenters. The van der Waals surface area contributed by atoms with Crippen LogP contribution in [-0.4, -0.2) is 23.4 Å². The van der Waals surface area contributed by atoms with Gasteiger partial charge in [-0.1, -0.05) is 30.0 Å². The zero-order valence-corrected chi connectivity index (χ0v) is 17.2. The van der Waals surface area contributed by atoms with E-state index in [0.717, 1.165) is 29.6 Å². The quantitative estimate of drug-likeness (QED) is 0.686. The highest BCUT2D eigenvalue weighted by molar-refractivity contribution is 6.15. The molecular weight excluding hydrogens is 376 g/mol. The Bertz CT molecular complexity index is 1150. The second-order valence-corrected chi connectivity index (χ2v) is 8.41. The van der Waals surface area contributed by atoms with Crippen molar-refractivity contribution < 1.29 is 19.5 Å². The van der Waals surface area contributed by atoms with Crippen molar-refractivity contribution in [3.05, 3.63) is 65.0 Å². The molecule has 0 amide bonds. The number of para-hydroxylation sites is 1. The van der Waals surface area contributed by atoms with Crippen LogP contribution in [0, 0.1) is 0 Å². The first-order valence-corrected chi connectivity index (χ1v) is 10.8. The van der Waals surface area contributed by atoms with Gasteiger partial charge in [0.1, 0.15) is 12.3 Å². The number of aryl methyl sites for hydroxylation is 1. The van der Waals surface area contributed by atoms with E-state index in [2.05, 4.69) is 6.07 Å². The third-order valence-electron chi connectivity index (χ3n) is 6.35. The number of hydrogen-bond donors (Lipinski definition) is 1. The number of hydrogen-bond acceptors (Lipinski definition) is 3. The third-order valence-corrected chi connectivity index (χ3v) is 6.35. The van der Waals surface area contributed by atoms with Crippen LogP contribution in [0.3, 0.4) is 0 Å². The zero-order valence-electron chi connectivity index (χ0n) is 17.2. The summed E-state index contributed by atoms with van der Waals surface area (Å²) in [6, 6.07) is 11.2. The zero-order chi connectivity index (χ0) is 20.7. The molecule has 1 fully saturated rings. The number of fused-ring (bicyclic) bond motifs is 2. The van der Waals surface area contributed by atoms with Gasteiger partial charge in [-0.3, -0.25) is 4.79 Å². The summed E-state index contributed by atoms with van der Waals surface area (Å²) in [6.07, 6.45) is 8.69. The minimum Gasteiger partial charge on any atom is -0.872 e. The predicted molar refractivity (Wildman–Crippen MR) is 115 cm³/mol. The Balaban J connectivity index is 1.50. The van der Waals surface area contributed by atoms with Crippen LogP contribution in [0.1, 0.15) is 47.2 Å². The van der Waals surface area contributed by atoms with Crippen molar-refractivity contribution in [2.75, 3.05) is 13.1 Å². The summed E-state index contributed by atoms with van der Waals surface area (Å²) in [4.78, 5) is 14.4. The van der Waals surface area contributed by atoms with Crippen molar-refractivity contribution in [2.24, 2.45) is 7.05 Å². The Labute approximate surface area is 176 Å². The Hall–Kier alpha value is -3.05. The van der Waals surface area contributed by atoms with E-state index in [1.807, 2.05) is 36.0 Å². The van der Waals surface area contributed by atoms with Gasteiger partial charge in [0, 0.05) is 35.3 Å². The van der Waals surface area contributed by atoms with Crippen LogP contribution in [0.5, 0.6) is 11.5 Å². The third kappa shape index (κ3) is 3.29. The standard InChI is InChI=1S/C25H26N2O3/c1-26-15-17(18-8-4-5-9-21(18)26)14-23-24(29)19-10-11-22(28)20(25(19)30-23)16-27-12-6-2-3-7-13-27/h4-5,8-11,14-15,28H,2-3,6-7,12-13,16H2,1H3. The lowest BCUT2D eigenvalue weighted by Gasteiger charge is -2.22. The highest BCUT2D eigenvalue weighted by atomic mass is 16.5. The van der Waals surface area contributed by atoms with Gasteiger partial charge < -0.3 is 19.3 Å². The number of rotatable bonds is 3. The van der Waals surface area contributed by atoms with Gasteiger partial charge >= 0.3 is 0 Å². The Kier molecular flexibility index (Phi) is 4.83. The molecule has 2 aliphatic heterocycles. The van der Waals surface area contributed by atoms with E-state index >= 15 is 0 Å². The van der Waals surface area contributed by atoms with Gasteiger partial charge in [0.05, 0.1) is 18.7 Å². The highest BCUT2D eigenvalue weighted by Crippen LogP contribution is 2.38. The van der Waals surface area contributed by atoms with Crippen molar-refractivity contribution in [1.82, 2.24) is 4.57 Å². The fourth-order valence-corrected chi connectivity index (χ4v) is 4.74. The fraction of sp³-hybridized carbons (Fsp3) is 0.320. The second-order valence-electron chi connectivity index (χ2n) is 8.41. The molecule has 1 aromatic heterocycles. The van der Waals surface area contributed by atoms with E-state index in [-0.39, 0.29) is 11.5 Å². The number of likely N-dealkylation sites (tertiary alicyclic amines) is 1. The minimum atomic E-state index is -0.148. The number of ether oxygens (including phenoxy) is 1. The lowest BCUT2D eigenvalue weighted by Crippen LogP contribution is -3.10. The predicted octanol–water partition coefficient (Wildman–Crippen LogP) is 2.83. The summed E-state index contributed by atoms with van der Waals surface area (Å²) in [5, 5.41) is 13.7. The molecule has 1 N–H and O–H groups in total. The summed E-state index contributed by atoms with van der Waals surface area (Å²) in [5.41, 5.74) is 3.18. The topological polar surface area (TPSA) is 58.7 Å². The maximum absolute atomic E-state index is 13.0. The number of aromatic nitrogens is 1. The normalized spacial score (nSPS) is 18.6. The van der Waals surface area contributed by atoms with E-state index in [1.165, 1.54) is 36.6 Å². The van der Waals surface area contributed by atoms with Gasteiger partial charge in [-0.15, -0.1) is 0 Å². The number of nitrogens with zero attached hydrogens (tertiary/aromatic N) is 1. The molecule has 0 spiro atoms. The Morgan fingerprint density at radius 3 is 2.67 bits per heavy atom. The summed E-state index contributed by atoms with van der Waals surface area (Å²) < 4.78 is 8.09. The number of nitrogens with one attached hydrogen (secondary N) is 1. The number of ketones is 1. The van der Waals surface area contributed by atoms with Crippen molar-refractivity contribution in [1.29, 1.82) is 0 Å². The molecule has 0 atom stereocenters. The number of carbonyl (C=O) groups is 1. The SMILES string of the molecule is Cn1cc(C=C2Oc3c(ccc([O-])c3C[NH+]3CCCCCC3)C2=O)c2ccccc21. The van der Waals surface area contributed by atoms with Crippen molar-refractivity contribution in [3.8, 4) is 11.5 Å². The second kappa shape index (κ2) is 7.65. The molecule has 5 rings (SSSR count). The first-order valence-electron chi connectivity index (χ1n) is 10.8. The van der Waals surface area contributed by atoms with Crippen molar-refractivity contribution >= 4 is 22.8 Å². The summed E-state index contributed by atoms with van der Waals surface area (Å²) in [7, 11) is 1.99. The molecule has 1 saturated heterocycles. The molecule has 2 aromatic carbocycles. The van der Waals surface area contributed by atoms with E-state index in [4.69, 9.17) is 4.74 Å². The fourth-order valence-electron chi connectivity index (χ4n) is 4.74. The maximum atomic E-state index is 13.0. The summed E-state index contributed by atoms with van der Waals surface area (Å²) in [5.74, 6) is 0.574. The maximum Gasteiger partial charge on any atom is 0.231 e. The summed E-state index contributed by atoms with van der Waals surface area (Å²) in [6.45, 7) is 2.75. The largest absolute Gasteiger partial charge is 0.872 e. The molecule has 0 aliphatic carbocycles. The lowest BCUT2D eigenvalue weighted by molar-refractivity contribution is -0.913. The number of Topliss-reactive ketones (excluding diaryl/α,β-unsaturated/α-hetero) is 1. The first kappa shape index (κ1) is 18.9. The number of carbonyl (C=O) groups excluding carboxylic acids is 1. The molecule has 0 radical (unpaired) electrons. The van der Waals surface area contributed by atoms with Crippen LogP contribution in [0.25, 0.3) is 17.0 Å². The molecule has 154 valence electrons. The number of quaternary nitrogens is 1. The smallest absolute Gasteiger partial charge is 0.231 e. The van der Waals surface area contributed by atoms with E-state index in [1.54, 1.807) is 12.1 Å². The molecule has 30 heavy (non-hydrogen) atoms. The molecule has 3 heterocycles. The number of allylic oxidation sites excluding steroid dienone is 1. The van der Waals surface area contributed by atoms with Gasteiger partial charge in [-0.2, -0.15) is 0 Å². The summed E-state index contributed by atoms with van der Waals surface area (Å²) >= 11 is 0. The van der Waals surface area contributed by atoms with Crippen LogP contribution in [-0.2, 0) is 13.6 Å². The van der Waals surface area contributed by atoms with Crippen LogP contribution >= 0.6 is 0 Å². The van der Waals surface area contributed by atoms with Crippen LogP contribution in [0.2, 0.25) is 0 Å². The molecule has 2 aliphatic rings. The Morgan fingerprint density at radius 2 is 1.87 bits per heavy atom. The Morgan fingerprint density at radius 1 is 1.10 bits per heavy atom. The molecular formula is C25H26N2O3. The van der Waals surface area contributed by atoms with Gasteiger partial charge in [-0.05, 0) is 43.9 Å². The van der Waals surface area contributed by atoms with Gasteiger partial charge in [-0.25, -0.2) is 0 Å². The monoisotopic (exact) mass is 402 g/mol. The average molecular weight is 402 g/mol. The van der Waals surface area contributed by atoms with Crippen molar-refractivity contribution in [2.45, 2.75) is 32.2 Å². The molecule has 3 aromatic rings. The molecule has 0 saturated carbocycles. The van der Waals surface area contributed by atoms with Crippen molar-refractivity contribution in [3.63, 3.8) is 0 Å². The molecule has 0 bridgehead atoms. The lowest BCUT2D eigenvalue weighted by atomic mass is 10.0. The van der Waals surface area contributed by atoms with Crippen LogP contribution in [0.4, 0.5) is 0 Å². The van der Waals surface area contributed by atoms with Crippen LogP contribution < -0.4 is 14.7 Å². The van der Waals surface area contributed by atoms with E-state index in [0.29, 0.717) is 29.2 Å². The van der Waals surface area contributed by atoms with E-state index in [9.17, 15) is 9.90 Å². The highest BCUT2D eigenvalue weighted by Gasteiger charge is 2.31. The minimum absolute atomic E-state index is 0.0373. The van der Waals surface area contributed by atoms with Crippen LogP contribution in [0.15, 0.2) is 48.4 Å². The van der Waals surface area contributed by atoms with E-state index < -0.39 is 0 Å². The van der Waals surface area contributed by atoms with Gasteiger partial charge in [0.15, 0.2) is 5.76 Å². The molecule has 5 nitrogen and oxygen atoms in total. The molecule has 5 heteroatoms. The average Bonchev–Trinajstić information content (AvgIpc) is 3.09. The van der Waals surface area contributed by atoms with Gasteiger partial charge in [0.2, 0.25) is 5.78 Å². The first-order chi connectivity index (χ1) is 14.6. The van der Waals surface area contributed by atoms with Gasteiger partial charge in [0.25, 0.3) is 0 Å².